The first kappa shape index (κ1) is 9.96. The molecule has 10 heavy (non-hydrogen) atoms. The van der Waals surface area contributed by atoms with Crippen molar-refractivity contribution in [3.05, 3.63) is 0 Å². The summed E-state index contributed by atoms with van der Waals surface area (Å²) in [6.07, 6.45) is 1.27. The summed E-state index contributed by atoms with van der Waals surface area (Å²) in [6.45, 7) is 9.10. The molecule has 0 bridgehead atoms. The zero-order chi connectivity index (χ0) is 8.15. The third-order valence-electron chi connectivity index (χ3n) is 2.31. The number of rotatable bonds is 4. The van der Waals surface area contributed by atoms with Crippen molar-refractivity contribution in [1.29, 1.82) is 0 Å². The lowest BCUT2D eigenvalue weighted by molar-refractivity contribution is 0.309. The van der Waals surface area contributed by atoms with Crippen molar-refractivity contribution < 1.29 is 0 Å². The van der Waals surface area contributed by atoms with Gasteiger partial charge >= 0.3 is 0 Å². The Morgan fingerprint density at radius 1 is 1.20 bits per heavy atom. The van der Waals surface area contributed by atoms with Gasteiger partial charge in [0.15, 0.2) is 0 Å². The Balaban J connectivity index is 3.80. The van der Waals surface area contributed by atoms with Crippen LogP contribution in [-0.4, -0.2) is 13.1 Å². The molecule has 1 heteroatoms. The minimum Gasteiger partial charge on any atom is -0.316 e. The van der Waals surface area contributed by atoms with Gasteiger partial charge in [0.1, 0.15) is 0 Å². The highest BCUT2D eigenvalue weighted by Crippen LogP contribution is 2.14. The summed E-state index contributed by atoms with van der Waals surface area (Å²) < 4.78 is 0. The molecule has 0 rings (SSSR count). The summed E-state index contributed by atoms with van der Waals surface area (Å²) in [6, 6.07) is 0.685. The van der Waals surface area contributed by atoms with E-state index in [1.165, 1.54) is 6.42 Å². The zero-order valence-electron chi connectivity index (χ0n) is 7.94. The van der Waals surface area contributed by atoms with Gasteiger partial charge in [-0.1, -0.05) is 34.1 Å². The van der Waals surface area contributed by atoms with Crippen LogP contribution >= 0.6 is 0 Å². The maximum absolute atomic E-state index is 3.35. The van der Waals surface area contributed by atoms with Crippen molar-refractivity contribution in [1.82, 2.24) is 5.32 Å². The Hall–Kier alpha value is -0.0400. The Bertz CT molecular complexity index is 78.8. The van der Waals surface area contributed by atoms with Crippen LogP contribution in [0.3, 0.4) is 0 Å². The van der Waals surface area contributed by atoms with Gasteiger partial charge in [0, 0.05) is 6.04 Å². The highest BCUT2D eigenvalue weighted by Gasteiger charge is 2.16. The van der Waals surface area contributed by atoms with Crippen molar-refractivity contribution in [2.24, 2.45) is 11.8 Å². The molecule has 0 amide bonds. The van der Waals surface area contributed by atoms with Crippen LogP contribution in [0.2, 0.25) is 0 Å². The highest BCUT2D eigenvalue weighted by molar-refractivity contribution is 4.73. The van der Waals surface area contributed by atoms with Crippen LogP contribution in [0.1, 0.15) is 34.1 Å². The van der Waals surface area contributed by atoms with Crippen molar-refractivity contribution in [2.75, 3.05) is 7.05 Å². The lowest BCUT2D eigenvalue weighted by Gasteiger charge is -2.25. The second kappa shape index (κ2) is 4.73. The molecule has 2 atom stereocenters. The molecule has 0 heterocycles. The molecule has 0 aromatic rings. The third-order valence-corrected chi connectivity index (χ3v) is 2.31. The Labute approximate surface area is 65.2 Å². The monoisotopic (exact) mass is 143 g/mol. The lowest BCUT2D eigenvalue weighted by atomic mass is 9.90. The fraction of sp³-hybridized carbons (Fsp3) is 1.00. The predicted molar refractivity (Wildman–Crippen MR) is 47.1 cm³/mol. The molecule has 62 valence electrons. The maximum Gasteiger partial charge on any atom is 0.0113 e. The molecule has 0 aliphatic carbocycles. The SMILES string of the molecule is CCC(C)[C@H](NC)C(C)C. The first-order valence-corrected chi connectivity index (χ1v) is 4.30. The van der Waals surface area contributed by atoms with Gasteiger partial charge in [-0.2, -0.15) is 0 Å². The number of hydrogen-bond acceptors (Lipinski definition) is 1. The minimum atomic E-state index is 0.685. The third kappa shape index (κ3) is 2.70. The molecule has 1 unspecified atom stereocenters. The summed E-state index contributed by atoms with van der Waals surface area (Å²) in [5, 5.41) is 3.35. The van der Waals surface area contributed by atoms with Crippen molar-refractivity contribution in [3.63, 3.8) is 0 Å². The quantitative estimate of drug-likeness (QED) is 0.636. The summed E-state index contributed by atoms with van der Waals surface area (Å²) in [7, 11) is 2.05. The van der Waals surface area contributed by atoms with Crippen molar-refractivity contribution in [3.8, 4) is 0 Å². The van der Waals surface area contributed by atoms with Gasteiger partial charge in [0.2, 0.25) is 0 Å². The predicted octanol–water partition coefficient (Wildman–Crippen LogP) is 2.28. The topological polar surface area (TPSA) is 12.0 Å². The Morgan fingerprint density at radius 3 is 1.80 bits per heavy atom. The van der Waals surface area contributed by atoms with Gasteiger partial charge in [0.05, 0.1) is 0 Å². The molecule has 0 aliphatic rings. The van der Waals surface area contributed by atoms with Gasteiger partial charge in [0.25, 0.3) is 0 Å². The van der Waals surface area contributed by atoms with Gasteiger partial charge in [-0.05, 0) is 18.9 Å². The van der Waals surface area contributed by atoms with Crippen LogP contribution in [0.5, 0.6) is 0 Å². The normalized spacial score (nSPS) is 17.4. The second-order valence-corrected chi connectivity index (χ2v) is 3.44. The van der Waals surface area contributed by atoms with Crippen LogP contribution in [0.4, 0.5) is 0 Å². The Morgan fingerprint density at radius 2 is 1.70 bits per heavy atom. The number of hydrogen-bond donors (Lipinski definition) is 1. The fourth-order valence-corrected chi connectivity index (χ4v) is 1.53. The second-order valence-electron chi connectivity index (χ2n) is 3.44. The smallest absolute Gasteiger partial charge is 0.0113 e. The summed E-state index contributed by atoms with van der Waals surface area (Å²) >= 11 is 0. The van der Waals surface area contributed by atoms with Crippen molar-refractivity contribution >= 4 is 0 Å². The van der Waals surface area contributed by atoms with Gasteiger partial charge in [-0.25, -0.2) is 0 Å². The molecule has 0 radical (unpaired) electrons. The van der Waals surface area contributed by atoms with E-state index in [0.29, 0.717) is 6.04 Å². The van der Waals surface area contributed by atoms with Crippen LogP contribution in [-0.2, 0) is 0 Å². The van der Waals surface area contributed by atoms with E-state index in [1.54, 1.807) is 0 Å². The molecular formula is C9H21N. The van der Waals surface area contributed by atoms with E-state index in [2.05, 4.69) is 40.1 Å². The van der Waals surface area contributed by atoms with E-state index in [9.17, 15) is 0 Å². The summed E-state index contributed by atoms with van der Waals surface area (Å²) in [4.78, 5) is 0. The number of nitrogens with one attached hydrogen (secondary N) is 1. The van der Waals surface area contributed by atoms with Gasteiger partial charge in [-0.15, -0.1) is 0 Å². The van der Waals surface area contributed by atoms with E-state index >= 15 is 0 Å². The summed E-state index contributed by atoms with van der Waals surface area (Å²) in [5.74, 6) is 1.55. The van der Waals surface area contributed by atoms with E-state index in [0.717, 1.165) is 11.8 Å². The Kier molecular flexibility index (Phi) is 4.71. The molecule has 0 aromatic carbocycles. The van der Waals surface area contributed by atoms with Gasteiger partial charge in [-0.3, -0.25) is 0 Å². The maximum atomic E-state index is 3.35. The molecule has 1 N–H and O–H groups in total. The molecule has 0 saturated heterocycles. The largest absolute Gasteiger partial charge is 0.316 e. The van der Waals surface area contributed by atoms with Crippen LogP contribution in [0.25, 0.3) is 0 Å². The molecule has 0 fully saturated rings. The average molecular weight is 143 g/mol. The lowest BCUT2D eigenvalue weighted by Crippen LogP contribution is -2.36. The van der Waals surface area contributed by atoms with Crippen molar-refractivity contribution in [2.45, 2.75) is 40.2 Å². The molecule has 0 aromatic heterocycles. The highest BCUT2D eigenvalue weighted by atomic mass is 14.9. The molecular weight excluding hydrogens is 122 g/mol. The molecule has 0 aliphatic heterocycles. The van der Waals surface area contributed by atoms with Gasteiger partial charge < -0.3 is 5.32 Å². The first-order chi connectivity index (χ1) is 4.63. The minimum absolute atomic E-state index is 0.685. The van der Waals surface area contributed by atoms with Crippen LogP contribution in [0, 0.1) is 11.8 Å². The average Bonchev–Trinajstić information content (AvgIpc) is 1.88. The molecule has 0 saturated carbocycles. The van der Waals surface area contributed by atoms with Crippen LogP contribution < -0.4 is 5.32 Å². The van der Waals surface area contributed by atoms with Crippen LogP contribution in [0.15, 0.2) is 0 Å². The van der Waals surface area contributed by atoms with E-state index in [4.69, 9.17) is 0 Å². The zero-order valence-corrected chi connectivity index (χ0v) is 7.94. The van der Waals surface area contributed by atoms with E-state index < -0.39 is 0 Å². The molecule has 1 nitrogen and oxygen atoms in total. The van der Waals surface area contributed by atoms with E-state index in [-0.39, 0.29) is 0 Å². The molecule has 0 spiro atoms. The fourth-order valence-electron chi connectivity index (χ4n) is 1.53. The standard InChI is InChI=1S/C9H21N/c1-6-8(4)9(10-5)7(2)3/h7-10H,6H2,1-5H3/t8?,9-/m1/s1. The first-order valence-electron chi connectivity index (χ1n) is 4.30. The summed E-state index contributed by atoms with van der Waals surface area (Å²) in [5.41, 5.74) is 0. The van der Waals surface area contributed by atoms with E-state index in [1.807, 2.05) is 0 Å².